The van der Waals surface area contributed by atoms with Gasteiger partial charge >= 0.3 is 0 Å². The van der Waals surface area contributed by atoms with Crippen LogP contribution in [0.5, 0.6) is 0 Å². The van der Waals surface area contributed by atoms with Gasteiger partial charge in [0.25, 0.3) is 5.91 Å². The molecule has 5 nitrogen and oxygen atoms in total. The van der Waals surface area contributed by atoms with Gasteiger partial charge in [0.2, 0.25) is 10.0 Å². The van der Waals surface area contributed by atoms with E-state index >= 15 is 0 Å². The lowest BCUT2D eigenvalue weighted by molar-refractivity contribution is 0.0923. The van der Waals surface area contributed by atoms with Gasteiger partial charge in [-0.25, -0.2) is 12.7 Å². The summed E-state index contributed by atoms with van der Waals surface area (Å²) in [5.41, 5.74) is 1.77. The van der Waals surface area contributed by atoms with Crippen molar-refractivity contribution in [3.8, 4) is 0 Å². The summed E-state index contributed by atoms with van der Waals surface area (Å²) in [6.07, 6.45) is 1.96. The van der Waals surface area contributed by atoms with Crippen LogP contribution < -0.4 is 5.32 Å². The van der Waals surface area contributed by atoms with Crippen LogP contribution in [0.15, 0.2) is 18.2 Å². The van der Waals surface area contributed by atoms with Gasteiger partial charge in [-0.2, -0.15) is 0 Å². The summed E-state index contributed by atoms with van der Waals surface area (Å²) >= 11 is 2.19. The Kier molecular flexibility index (Phi) is 6.44. The van der Waals surface area contributed by atoms with Crippen LogP contribution >= 0.6 is 22.6 Å². The van der Waals surface area contributed by atoms with E-state index in [9.17, 15) is 13.2 Å². The minimum absolute atomic E-state index is 0.0342. The molecule has 1 N–H and O–H groups in total. The molecule has 0 radical (unpaired) electrons. The number of carbonyl (C=O) groups is 1. The van der Waals surface area contributed by atoms with Gasteiger partial charge in [0.1, 0.15) is 0 Å². The Balaban J connectivity index is 1.94. The number of halogens is 1. The summed E-state index contributed by atoms with van der Waals surface area (Å²) < 4.78 is 26.6. The third kappa shape index (κ3) is 4.67. The van der Waals surface area contributed by atoms with Crippen LogP contribution in [-0.2, 0) is 10.0 Å². The molecule has 1 heterocycles. The van der Waals surface area contributed by atoms with Crippen molar-refractivity contribution >= 4 is 38.5 Å². The summed E-state index contributed by atoms with van der Waals surface area (Å²) in [6.45, 7) is 4.82. The number of benzene rings is 1. The molecule has 0 saturated carbocycles. The molecule has 1 aliphatic heterocycles. The molecule has 0 spiro atoms. The van der Waals surface area contributed by atoms with Crippen molar-refractivity contribution in [2.24, 2.45) is 0 Å². The number of amides is 1. The molecular formula is C16H23IN2O3S. The first-order chi connectivity index (χ1) is 10.8. The smallest absolute Gasteiger partial charge is 0.252 e. The molecule has 23 heavy (non-hydrogen) atoms. The fraction of sp³-hybridized carbons (Fsp3) is 0.562. The van der Waals surface area contributed by atoms with Gasteiger partial charge in [-0.15, -0.1) is 0 Å². The van der Waals surface area contributed by atoms with Crippen molar-refractivity contribution in [2.45, 2.75) is 39.2 Å². The Bertz CT molecular complexity index is 668. The lowest BCUT2D eigenvalue weighted by atomic mass is 10.1. The number of piperidine rings is 1. The Morgan fingerprint density at radius 3 is 2.61 bits per heavy atom. The molecule has 0 atom stereocenters. The molecule has 1 aromatic rings. The maximum atomic E-state index is 12.4. The molecule has 1 saturated heterocycles. The molecule has 1 amide bonds. The number of hydrogen-bond donors (Lipinski definition) is 1. The zero-order valence-electron chi connectivity index (χ0n) is 13.5. The van der Waals surface area contributed by atoms with Crippen LogP contribution in [0.25, 0.3) is 0 Å². The molecule has 0 bridgehead atoms. The summed E-state index contributed by atoms with van der Waals surface area (Å²) in [7, 11) is -3.13. The van der Waals surface area contributed by atoms with Crippen molar-refractivity contribution in [2.75, 3.05) is 18.8 Å². The highest BCUT2D eigenvalue weighted by atomic mass is 127. The average Bonchev–Trinajstić information content (AvgIpc) is 2.50. The molecular weight excluding hydrogens is 427 g/mol. The number of carbonyl (C=O) groups excluding carboxylic acids is 1. The Morgan fingerprint density at radius 2 is 2.00 bits per heavy atom. The van der Waals surface area contributed by atoms with Crippen molar-refractivity contribution < 1.29 is 13.2 Å². The Hall–Kier alpha value is -0.670. The molecule has 128 valence electrons. The van der Waals surface area contributed by atoms with Gasteiger partial charge in [0, 0.05) is 22.7 Å². The molecule has 1 aliphatic rings. The van der Waals surface area contributed by atoms with E-state index in [-0.39, 0.29) is 17.7 Å². The summed E-state index contributed by atoms with van der Waals surface area (Å²) in [4.78, 5) is 12.4. The highest BCUT2D eigenvalue weighted by Gasteiger charge is 2.28. The monoisotopic (exact) mass is 450 g/mol. The van der Waals surface area contributed by atoms with Crippen LogP contribution in [0.1, 0.15) is 42.1 Å². The van der Waals surface area contributed by atoms with Gasteiger partial charge in [-0.1, -0.05) is 19.1 Å². The van der Waals surface area contributed by atoms with E-state index < -0.39 is 10.0 Å². The van der Waals surface area contributed by atoms with Crippen molar-refractivity contribution in [3.63, 3.8) is 0 Å². The van der Waals surface area contributed by atoms with Gasteiger partial charge in [0.15, 0.2) is 0 Å². The lowest BCUT2D eigenvalue weighted by Crippen LogP contribution is -2.47. The fourth-order valence-corrected chi connectivity index (χ4v) is 4.90. The molecule has 7 heteroatoms. The van der Waals surface area contributed by atoms with Gasteiger partial charge in [-0.3, -0.25) is 4.79 Å². The van der Waals surface area contributed by atoms with E-state index in [1.807, 2.05) is 32.0 Å². The van der Waals surface area contributed by atoms with Crippen molar-refractivity contribution in [3.05, 3.63) is 32.9 Å². The molecule has 2 rings (SSSR count). The number of hydrogen-bond acceptors (Lipinski definition) is 3. The van der Waals surface area contributed by atoms with Crippen LogP contribution in [0, 0.1) is 10.5 Å². The number of rotatable bonds is 5. The maximum absolute atomic E-state index is 12.4. The molecule has 1 fully saturated rings. The predicted molar refractivity (Wildman–Crippen MR) is 100 cm³/mol. The quantitative estimate of drug-likeness (QED) is 0.702. The number of aryl methyl sites for hydroxylation is 1. The zero-order chi connectivity index (χ0) is 17.0. The molecule has 0 unspecified atom stereocenters. The standard InChI is InChI=1S/C16H23IN2O3S/c1-3-11-23(21,22)19-9-7-13(8-10-19)18-16(20)14-6-4-5-12(2)15(14)17/h4-6,13H,3,7-11H2,1-2H3,(H,18,20). The summed E-state index contributed by atoms with van der Waals surface area (Å²) in [6, 6.07) is 5.72. The van der Waals surface area contributed by atoms with Gasteiger partial charge < -0.3 is 5.32 Å². The normalized spacial score (nSPS) is 17.2. The first-order valence-electron chi connectivity index (χ1n) is 7.89. The molecule has 1 aromatic carbocycles. The van der Waals surface area contributed by atoms with Crippen LogP contribution in [0.2, 0.25) is 0 Å². The Labute approximate surface area is 152 Å². The first-order valence-corrected chi connectivity index (χ1v) is 10.6. The summed E-state index contributed by atoms with van der Waals surface area (Å²) in [5.74, 6) is 0.124. The first kappa shape index (κ1) is 18.7. The third-order valence-corrected chi connectivity index (χ3v) is 7.59. The van der Waals surface area contributed by atoms with E-state index in [4.69, 9.17) is 0 Å². The number of nitrogens with one attached hydrogen (secondary N) is 1. The van der Waals surface area contributed by atoms with E-state index in [1.165, 1.54) is 0 Å². The summed E-state index contributed by atoms with van der Waals surface area (Å²) in [5, 5.41) is 3.04. The van der Waals surface area contributed by atoms with E-state index in [0.717, 1.165) is 9.13 Å². The predicted octanol–water partition coefficient (Wildman–Crippen LogP) is 2.53. The second-order valence-corrected chi connectivity index (χ2v) is 9.07. The van der Waals surface area contributed by atoms with Gasteiger partial charge in [0.05, 0.1) is 11.3 Å². The minimum atomic E-state index is -3.13. The highest BCUT2D eigenvalue weighted by Crippen LogP contribution is 2.19. The maximum Gasteiger partial charge on any atom is 0.252 e. The highest BCUT2D eigenvalue weighted by molar-refractivity contribution is 14.1. The minimum Gasteiger partial charge on any atom is -0.349 e. The lowest BCUT2D eigenvalue weighted by Gasteiger charge is -2.31. The topological polar surface area (TPSA) is 66.5 Å². The second kappa shape index (κ2) is 7.94. The van der Waals surface area contributed by atoms with Crippen LogP contribution in [-0.4, -0.2) is 43.5 Å². The molecule has 0 aliphatic carbocycles. The van der Waals surface area contributed by atoms with Crippen molar-refractivity contribution in [1.82, 2.24) is 9.62 Å². The largest absolute Gasteiger partial charge is 0.349 e. The third-order valence-electron chi connectivity index (χ3n) is 4.08. The van der Waals surface area contributed by atoms with Gasteiger partial charge in [-0.05, 0) is 60.4 Å². The van der Waals surface area contributed by atoms with Crippen LogP contribution in [0.3, 0.4) is 0 Å². The second-order valence-electron chi connectivity index (χ2n) is 5.90. The number of nitrogens with zero attached hydrogens (tertiary/aromatic N) is 1. The Morgan fingerprint density at radius 1 is 1.35 bits per heavy atom. The number of sulfonamides is 1. The fourth-order valence-electron chi connectivity index (χ4n) is 2.75. The SMILES string of the molecule is CCCS(=O)(=O)N1CCC(NC(=O)c2cccc(C)c2I)CC1. The molecule has 0 aromatic heterocycles. The average molecular weight is 450 g/mol. The van der Waals surface area contributed by atoms with E-state index in [0.29, 0.717) is 37.9 Å². The van der Waals surface area contributed by atoms with E-state index in [2.05, 4.69) is 27.9 Å². The zero-order valence-corrected chi connectivity index (χ0v) is 16.5. The van der Waals surface area contributed by atoms with Crippen LogP contribution in [0.4, 0.5) is 0 Å². The van der Waals surface area contributed by atoms with E-state index in [1.54, 1.807) is 4.31 Å². The van der Waals surface area contributed by atoms with Crippen molar-refractivity contribution in [1.29, 1.82) is 0 Å².